The van der Waals surface area contributed by atoms with Gasteiger partial charge >= 0.3 is 0 Å². The van der Waals surface area contributed by atoms with E-state index in [0.29, 0.717) is 21.5 Å². The Labute approximate surface area is 174 Å². The summed E-state index contributed by atoms with van der Waals surface area (Å²) in [6, 6.07) is 12.1. The summed E-state index contributed by atoms with van der Waals surface area (Å²) in [6.45, 7) is 1.99. The standard InChI is InChI=1S/C20H23Cl2N3O3/c1-13(14-5-4-6-15(21)9-14)23-19(26)11-25(2)12-20(27)24-17-10-16(22)7-8-18(17)28-3/h4-10,13H,11-12H2,1-3H3,(H,23,26)(H,24,27)/t13-/m1/s1. The molecule has 1 atom stereocenters. The van der Waals surface area contributed by atoms with Crippen molar-refractivity contribution in [1.82, 2.24) is 10.2 Å². The van der Waals surface area contributed by atoms with Crippen molar-refractivity contribution in [2.45, 2.75) is 13.0 Å². The number of likely N-dealkylation sites (N-methyl/N-ethyl adjacent to an activating group) is 1. The minimum Gasteiger partial charge on any atom is -0.495 e. The number of nitrogens with one attached hydrogen (secondary N) is 2. The van der Waals surface area contributed by atoms with Gasteiger partial charge in [-0.05, 0) is 49.9 Å². The molecule has 0 radical (unpaired) electrons. The van der Waals surface area contributed by atoms with E-state index < -0.39 is 0 Å². The summed E-state index contributed by atoms with van der Waals surface area (Å²) < 4.78 is 5.20. The van der Waals surface area contributed by atoms with Gasteiger partial charge in [-0.25, -0.2) is 0 Å². The highest BCUT2D eigenvalue weighted by molar-refractivity contribution is 6.31. The maximum atomic E-state index is 12.3. The normalized spacial score (nSPS) is 11.8. The van der Waals surface area contributed by atoms with Gasteiger partial charge in [0.15, 0.2) is 0 Å². The van der Waals surface area contributed by atoms with Gasteiger partial charge in [0.1, 0.15) is 5.75 Å². The number of anilines is 1. The molecule has 150 valence electrons. The Hall–Kier alpha value is -2.28. The maximum Gasteiger partial charge on any atom is 0.238 e. The molecule has 0 unspecified atom stereocenters. The minimum absolute atomic E-state index is 0.0363. The van der Waals surface area contributed by atoms with E-state index in [2.05, 4.69) is 10.6 Å². The zero-order chi connectivity index (χ0) is 20.7. The van der Waals surface area contributed by atoms with Crippen molar-refractivity contribution in [2.24, 2.45) is 0 Å². The van der Waals surface area contributed by atoms with E-state index in [-0.39, 0.29) is 30.9 Å². The quantitative estimate of drug-likeness (QED) is 0.677. The summed E-state index contributed by atoms with van der Waals surface area (Å²) >= 11 is 11.9. The molecule has 8 heteroatoms. The number of halogens is 2. The van der Waals surface area contributed by atoms with Crippen LogP contribution < -0.4 is 15.4 Å². The fourth-order valence-electron chi connectivity index (χ4n) is 2.66. The van der Waals surface area contributed by atoms with Crippen LogP contribution in [0.15, 0.2) is 42.5 Å². The molecule has 0 bridgehead atoms. The number of ether oxygens (including phenoxy) is 1. The van der Waals surface area contributed by atoms with Crippen molar-refractivity contribution in [3.63, 3.8) is 0 Å². The molecule has 0 spiro atoms. The van der Waals surface area contributed by atoms with Crippen molar-refractivity contribution < 1.29 is 14.3 Å². The first kappa shape index (κ1) is 22.0. The smallest absolute Gasteiger partial charge is 0.238 e. The van der Waals surface area contributed by atoms with Gasteiger partial charge in [-0.1, -0.05) is 35.3 Å². The molecule has 0 saturated carbocycles. The lowest BCUT2D eigenvalue weighted by molar-refractivity contribution is -0.123. The fraction of sp³-hybridized carbons (Fsp3) is 0.300. The molecule has 2 N–H and O–H groups in total. The SMILES string of the molecule is COc1ccc(Cl)cc1NC(=O)CN(C)CC(=O)N[C@H](C)c1cccc(Cl)c1. The molecule has 2 rings (SSSR count). The van der Waals surface area contributed by atoms with Crippen molar-refractivity contribution in [3.8, 4) is 5.75 Å². The molecule has 0 aliphatic carbocycles. The van der Waals surface area contributed by atoms with E-state index in [1.54, 1.807) is 36.2 Å². The van der Waals surface area contributed by atoms with Crippen LogP contribution in [0.25, 0.3) is 0 Å². The lowest BCUT2D eigenvalue weighted by Gasteiger charge is -2.19. The molecular formula is C20H23Cl2N3O3. The van der Waals surface area contributed by atoms with E-state index in [0.717, 1.165) is 5.56 Å². The number of carbonyl (C=O) groups is 2. The van der Waals surface area contributed by atoms with Crippen molar-refractivity contribution >= 4 is 40.7 Å². The van der Waals surface area contributed by atoms with Crippen LogP contribution in [0.3, 0.4) is 0 Å². The van der Waals surface area contributed by atoms with Crippen LogP contribution in [0.2, 0.25) is 10.0 Å². The number of amides is 2. The van der Waals surface area contributed by atoms with Crippen LogP contribution in [0.4, 0.5) is 5.69 Å². The molecule has 0 aliphatic rings. The molecule has 2 aromatic carbocycles. The second-order valence-corrected chi connectivity index (χ2v) is 7.28. The molecular weight excluding hydrogens is 401 g/mol. The summed E-state index contributed by atoms with van der Waals surface area (Å²) in [6.07, 6.45) is 0. The van der Waals surface area contributed by atoms with E-state index in [9.17, 15) is 9.59 Å². The van der Waals surface area contributed by atoms with Gasteiger partial charge in [0.25, 0.3) is 0 Å². The topological polar surface area (TPSA) is 70.7 Å². The lowest BCUT2D eigenvalue weighted by atomic mass is 10.1. The fourth-order valence-corrected chi connectivity index (χ4v) is 3.03. The number of methoxy groups -OCH3 is 1. The molecule has 6 nitrogen and oxygen atoms in total. The molecule has 0 heterocycles. The Morgan fingerprint density at radius 1 is 1.07 bits per heavy atom. The maximum absolute atomic E-state index is 12.3. The average Bonchev–Trinajstić information content (AvgIpc) is 2.61. The molecule has 0 saturated heterocycles. The zero-order valence-electron chi connectivity index (χ0n) is 16.0. The Morgan fingerprint density at radius 2 is 1.75 bits per heavy atom. The summed E-state index contributed by atoms with van der Waals surface area (Å²) in [7, 11) is 3.20. The molecule has 2 aromatic rings. The number of benzene rings is 2. The second kappa shape index (κ2) is 10.3. The third kappa shape index (κ3) is 6.71. The number of nitrogens with zero attached hydrogens (tertiary/aromatic N) is 1. The number of rotatable bonds is 8. The minimum atomic E-state index is -0.279. The van der Waals surface area contributed by atoms with Crippen molar-refractivity contribution in [1.29, 1.82) is 0 Å². The van der Waals surface area contributed by atoms with E-state index >= 15 is 0 Å². The van der Waals surface area contributed by atoms with Gasteiger partial charge in [-0.15, -0.1) is 0 Å². The average molecular weight is 424 g/mol. The summed E-state index contributed by atoms with van der Waals surface area (Å²) in [5.41, 5.74) is 1.39. The first-order valence-electron chi connectivity index (χ1n) is 8.65. The highest BCUT2D eigenvalue weighted by atomic mass is 35.5. The third-order valence-corrected chi connectivity index (χ3v) is 4.46. The van der Waals surface area contributed by atoms with Gasteiger partial charge in [-0.3, -0.25) is 14.5 Å². The largest absolute Gasteiger partial charge is 0.495 e. The molecule has 2 amide bonds. The van der Waals surface area contributed by atoms with E-state index in [1.165, 1.54) is 7.11 Å². The van der Waals surface area contributed by atoms with Crippen LogP contribution >= 0.6 is 23.2 Å². The van der Waals surface area contributed by atoms with Gasteiger partial charge in [0, 0.05) is 10.0 Å². The summed E-state index contributed by atoms with van der Waals surface area (Å²) in [4.78, 5) is 26.1. The summed E-state index contributed by atoms with van der Waals surface area (Å²) in [5, 5.41) is 6.74. The van der Waals surface area contributed by atoms with Gasteiger partial charge in [0.05, 0.1) is 31.9 Å². The molecule has 0 aromatic heterocycles. The monoisotopic (exact) mass is 423 g/mol. The van der Waals surface area contributed by atoms with Crippen LogP contribution in [0.1, 0.15) is 18.5 Å². The predicted molar refractivity (Wildman–Crippen MR) is 112 cm³/mol. The number of carbonyl (C=O) groups excluding carboxylic acids is 2. The summed E-state index contributed by atoms with van der Waals surface area (Å²) in [5.74, 6) is 0.0374. The third-order valence-electron chi connectivity index (χ3n) is 3.99. The van der Waals surface area contributed by atoms with E-state index in [4.69, 9.17) is 27.9 Å². The van der Waals surface area contributed by atoms with Crippen LogP contribution in [0, 0.1) is 0 Å². The Bertz CT molecular complexity index is 845. The number of hydrogen-bond acceptors (Lipinski definition) is 4. The highest BCUT2D eigenvalue weighted by Crippen LogP contribution is 2.27. The van der Waals surface area contributed by atoms with E-state index in [1.807, 2.05) is 25.1 Å². The van der Waals surface area contributed by atoms with Crippen LogP contribution in [-0.2, 0) is 9.59 Å². The van der Waals surface area contributed by atoms with Crippen molar-refractivity contribution in [2.75, 3.05) is 32.6 Å². The van der Waals surface area contributed by atoms with Gasteiger partial charge < -0.3 is 15.4 Å². The molecule has 28 heavy (non-hydrogen) atoms. The van der Waals surface area contributed by atoms with Crippen LogP contribution in [0.5, 0.6) is 5.75 Å². The lowest BCUT2D eigenvalue weighted by Crippen LogP contribution is -2.39. The zero-order valence-corrected chi connectivity index (χ0v) is 17.5. The second-order valence-electron chi connectivity index (χ2n) is 6.41. The van der Waals surface area contributed by atoms with Crippen LogP contribution in [-0.4, -0.2) is 44.0 Å². The predicted octanol–water partition coefficient (Wildman–Crippen LogP) is 3.75. The number of hydrogen-bond donors (Lipinski definition) is 2. The first-order valence-corrected chi connectivity index (χ1v) is 9.41. The van der Waals surface area contributed by atoms with Gasteiger partial charge in [0.2, 0.25) is 11.8 Å². The molecule has 0 fully saturated rings. The Kier molecular flexibility index (Phi) is 8.11. The molecule has 0 aliphatic heterocycles. The Balaban J connectivity index is 1.85. The Morgan fingerprint density at radius 3 is 2.43 bits per heavy atom. The first-order chi connectivity index (χ1) is 13.3. The van der Waals surface area contributed by atoms with Gasteiger partial charge in [-0.2, -0.15) is 0 Å². The van der Waals surface area contributed by atoms with Crippen molar-refractivity contribution in [3.05, 3.63) is 58.1 Å². The highest BCUT2D eigenvalue weighted by Gasteiger charge is 2.15.